The van der Waals surface area contributed by atoms with Crippen LogP contribution < -0.4 is 5.73 Å². The number of hydrogen-bond donors (Lipinski definition) is 1. The van der Waals surface area contributed by atoms with E-state index >= 15 is 0 Å². The third-order valence-corrected chi connectivity index (χ3v) is 4.42. The van der Waals surface area contributed by atoms with Gasteiger partial charge in [0.25, 0.3) is 0 Å². The van der Waals surface area contributed by atoms with Crippen LogP contribution >= 0.6 is 0 Å². The van der Waals surface area contributed by atoms with Crippen molar-refractivity contribution in [3.8, 4) is 11.3 Å². The first kappa shape index (κ1) is 14.1. The number of nitrogen functional groups attached to an aromatic ring is 1. The lowest BCUT2D eigenvalue weighted by Crippen LogP contribution is -2.12. The van der Waals surface area contributed by atoms with E-state index in [1.165, 1.54) is 44.2 Å². The van der Waals surface area contributed by atoms with Gasteiger partial charge in [0.1, 0.15) is 23.2 Å². The van der Waals surface area contributed by atoms with Gasteiger partial charge in [-0.15, -0.1) is 0 Å². The lowest BCUT2D eigenvalue weighted by Gasteiger charge is -2.21. The maximum absolute atomic E-state index is 13.5. The van der Waals surface area contributed by atoms with Crippen molar-refractivity contribution in [3.63, 3.8) is 0 Å². The summed E-state index contributed by atoms with van der Waals surface area (Å²) >= 11 is 0. The van der Waals surface area contributed by atoms with E-state index in [0.29, 0.717) is 11.7 Å². The van der Waals surface area contributed by atoms with Crippen molar-refractivity contribution in [2.24, 2.45) is 0 Å². The minimum atomic E-state index is -0.253. The second-order valence-corrected chi connectivity index (χ2v) is 5.79. The summed E-state index contributed by atoms with van der Waals surface area (Å²) in [4.78, 5) is 4.79. The van der Waals surface area contributed by atoms with Crippen molar-refractivity contribution in [1.82, 2.24) is 9.55 Å². The lowest BCUT2D eigenvalue weighted by molar-refractivity contribution is 0.418. The second kappa shape index (κ2) is 5.88. The largest absolute Gasteiger partial charge is 0.383 e. The number of rotatable bonds is 3. The lowest BCUT2D eigenvalue weighted by atomic mass is 9.88. The van der Waals surface area contributed by atoms with E-state index in [2.05, 4.69) is 11.5 Å². The van der Waals surface area contributed by atoms with E-state index in [1.54, 1.807) is 6.07 Å². The Bertz CT molecular complexity index is 627. The monoisotopic (exact) mass is 287 g/mol. The number of benzene rings is 1. The normalized spacial score (nSPS) is 16.3. The molecule has 0 amide bonds. The number of anilines is 1. The highest BCUT2D eigenvalue weighted by Gasteiger charge is 2.24. The van der Waals surface area contributed by atoms with Gasteiger partial charge in [-0.05, 0) is 31.9 Å². The van der Waals surface area contributed by atoms with Crippen molar-refractivity contribution < 1.29 is 4.39 Å². The van der Waals surface area contributed by atoms with Gasteiger partial charge >= 0.3 is 0 Å². The number of aromatic nitrogens is 2. The van der Waals surface area contributed by atoms with Crippen molar-refractivity contribution in [2.45, 2.75) is 51.5 Å². The molecule has 1 heterocycles. The SMILES string of the molecule is CCn1c(C2CCCCC2)nc(-c2cccc(F)c2)c1N. The molecule has 1 aliphatic rings. The van der Waals surface area contributed by atoms with Gasteiger partial charge in [0, 0.05) is 18.0 Å². The molecule has 0 spiro atoms. The minimum absolute atomic E-state index is 0.253. The molecule has 0 bridgehead atoms. The fraction of sp³-hybridized carbons (Fsp3) is 0.471. The molecule has 0 saturated heterocycles. The molecule has 1 aliphatic carbocycles. The average molecular weight is 287 g/mol. The molecule has 112 valence electrons. The maximum Gasteiger partial charge on any atom is 0.131 e. The quantitative estimate of drug-likeness (QED) is 0.912. The van der Waals surface area contributed by atoms with E-state index < -0.39 is 0 Å². The Balaban J connectivity index is 2.04. The molecule has 1 aromatic heterocycles. The highest BCUT2D eigenvalue weighted by Crippen LogP contribution is 2.36. The minimum Gasteiger partial charge on any atom is -0.383 e. The fourth-order valence-corrected chi connectivity index (χ4v) is 3.34. The fourth-order valence-electron chi connectivity index (χ4n) is 3.34. The first-order chi connectivity index (χ1) is 10.2. The Kier molecular flexibility index (Phi) is 3.95. The third kappa shape index (κ3) is 2.67. The molecule has 1 saturated carbocycles. The molecular formula is C17H22FN3. The van der Waals surface area contributed by atoms with Crippen LogP contribution in [0.2, 0.25) is 0 Å². The van der Waals surface area contributed by atoms with Crippen LogP contribution in [0.1, 0.15) is 50.8 Å². The Hall–Kier alpha value is -1.84. The molecule has 0 unspecified atom stereocenters. The Morgan fingerprint density at radius 2 is 2.05 bits per heavy atom. The van der Waals surface area contributed by atoms with Crippen molar-refractivity contribution in [3.05, 3.63) is 35.9 Å². The predicted molar refractivity (Wildman–Crippen MR) is 83.5 cm³/mol. The molecule has 0 atom stereocenters. The Labute approximate surface area is 125 Å². The Morgan fingerprint density at radius 1 is 1.29 bits per heavy atom. The van der Waals surface area contributed by atoms with Gasteiger partial charge in [-0.2, -0.15) is 0 Å². The molecule has 3 rings (SSSR count). The molecule has 1 fully saturated rings. The van der Waals surface area contributed by atoms with E-state index in [0.717, 1.165) is 23.6 Å². The van der Waals surface area contributed by atoms with E-state index in [-0.39, 0.29) is 5.82 Å². The van der Waals surface area contributed by atoms with Crippen LogP contribution in [0.4, 0.5) is 10.2 Å². The molecule has 3 nitrogen and oxygen atoms in total. The standard InChI is InChI=1S/C17H22FN3/c1-2-21-16(19)15(13-9-6-10-14(18)11-13)20-17(21)12-7-4-3-5-8-12/h6,9-12H,2-5,7-8,19H2,1H3. The molecular weight excluding hydrogens is 265 g/mol. The maximum atomic E-state index is 13.5. The third-order valence-electron chi connectivity index (χ3n) is 4.42. The van der Waals surface area contributed by atoms with Gasteiger partial charge in [0.15, 0.2) is 0 Å². The molecule has 0 aliphatic heterocycles. The summed E-state index contributed by atoms with van der Waals surface area (Å²) in [6.45, 7) is 2.89. The zero-order valence-corrected chi connectivity index (χ0v) is 12.5. The number of nitrogens with zero attached hydrogens (tertiary/aromatic N) is 2. The van der Waals surface area contributed by atoms with Gasteiger partial charge in [0.05, 0.1) is 0 Å². The van der Waals surface area contributed by atoms with Crippen LogP contribution in [0.15, 0.2) is 24.3 Å². The number of hydrogen-bond acceptors (Lipinski definition) is 2. The number of nitrogens with two attached hydrogens (primary N) is 1. The van der Waals surface area contributed by atoms with Crippen LogP contribution in [-0.4, -0.2) is 9.55 Å². The van der Waals surface area contributed by atoms with Crippen LogP contribution in [-0.2, 0) is 6.54 Å². The highest BCUT2D eigenvalue weighted by atomic mass is 19.1. The summed E-state index contributed by atoms with van der Waals surface area (Å²) in [6.07, 6.45) is 6.19. The average Bonchev–Trinajstić information content (AvgIpc) is 2.85. The van der Waals surface area contributed by atoms with E-state index in [1.807, 2.05) is 6.07 Å². The summed E-state index contributed by atoms with van der Waals surface area (Å²) in [5, 5.41) is 0. The van der Waals surface area contributed by atoms with E-state index in [4.69, 9.17) is 10.7 Å². The van der Waals surface area contributed by atoms with Crippen molar-refractivity contribution in [1.29, 1.82) is 0 Å². The molecule has 2 N–H and O–H groups in total. The van der Waals surface area contributed by atoms with Crippen LogP contribution in [0.3, 0.4) is 0 Å². The van der Waals surface area contributed by atoms with Gasteiger partial charge < -0.3 is 10.3 Å². The first-order valence-electron chi connectivity index (χ1n) is 7.82. The summed E-state index contributed by atoms with van der Waals surface area (Å²) in [5.74, 6) is 1.97. The van der Waals surface area contributed by atoms with Gasteiger partial charge in [-0.3, -0.25) is 0 Å². The van der Waals surface area contributed by atoms with Crippen LogP contribution in [0, 0.1) is 5.82 Å². The molecule has 21 heavy (non-hydrogen) atoms. The van der Waals surface area contributed by atoms with Crippen molar-refractivity contribution >= 4 is 5.82 Å². The highest BCUT2D eigenvalue weighted by molar-refractivity contribution is 5.71. The summed E-state index contributed by atoms with van der Waals surface area (Å²) in [6, 6.07) is 6.52. The summed E-state index contributed by atoms with van der Waals surface area (Å²) in [5.41, 5.74) is 7.76. The van der Waals surface area contributed by atoms with E-state index in [9.17, 15) is 4.39 Å². The topological polar surface area (TPSA) is 43.8 Å². The van der Waals surface area contributed by atoms with Crippen molar-refractivity contribution in [2.75, 3.05) is 5.73 Å². The number of imidazole rings is 1. The Morgan fingerprint density at radius 3 is 2.71 bits per heavy atom. The van der Waals surface area contributed by atoms with Crippen LogP contribution in [0.25, 0.3) is 11.3 Å². The summed E-state index contributed by atoms with van der Waals surface area (Å²) < 4.78 is 15.5. The molecule has 1 aromatic carbocycles. The second-order valence-electron chi connectivity index (χ2n) is 5.79. The zero-order valence-electron chi connectivity index (χ0n) is 12.5. The van der Waals surface area contributed by atoms with Gasteiger partial charge in [-0.25, -0.2) is 9.37 Å². The predicted octanol–water partition coefficient (Wildman–Crippen LogP) is 4.34. The smallest absolute Gasteiger partial charge is 0.131 e. The van der Waals surface area contributed by atoms with Gasteiger partial charge in [-0.1, -0.05) is 31.4 Å². The molecule has 2 aromatic rings. The van der Waals surface area contributed by atoms with Crippen LogP contribution in [0.5, 0.6) is 0 Å². The first-order valence-corrected chi connectivity index (χ1v) is 7.82. The summed E-state index contributed by atoms with van der Waals surface area (Å²) in [7, 11) is 0. The molecule has 4 heteroatoms. The van der Waals surface area contributed by atoms with Gasteiger partial charge in [0.2, 0.25) is 0 Å². The number of halogens is 1. The molecule has 0 radical (unpaired) electrons. The zero-order chi connectivity index (χ0) is 14.8.